The van der Waals surface area contributed by atoms with E-state index in [1.165, 1.54) is 12.1 Å². The largest absolute Gasteiger partial charge is 0.398 e. The van der Waals surface area contributed by atoms with Gasteiger partial charge in [0.2, 0.25) is 0 Å². The van der Waals surface area contributed by atoms with Crippen molar-refractivity contribution in [2.45, 2.75) is 6.92 Å². The number of rotatable bonds is 2. The maximum Gasteiger partial charge on any atom is 0.255 e. The zero-order valence-electron chi connectivity index (χ0n) is 10.2. The molecule has 0 heterocycles. The zero-order valence-corrected chi connectivity index (χ0v) is 11.0. The Hall–Kier alpha value is -2.07. The van der Waals surface area contributed by atoms with Gasteiger partial charge in [-0.15, -0.1) is 0 Å². The predicted octanol–water partition coefficient (Wildman–Crippen LogP) is 3.62. The topological polar surface area (TPSA) is 55.1 Å². The van der Waals surface area contributed by atoms with E-state index in [1.54, 1.807) is 18.2 Å². The van der Waals surface area contributed by atoms with Crippen molar-refractivity contribution in [1.82, 2.24) is 0 Å². The molecule has 3 N–H and O–H groups in total. The molecule has 0 unspecified atom stereocenters. The monoisotopic (exact) mass is 278 g/mol. The standard InChI is InChI=1S/C14H12ClFN2O/c1-8-2-3-9(6-12(8)17)14(19)18-13-5-4-10(15)7-11(13)16/h2-7H,17H2,1H3,(H,18,19). The third kappa shape index (κ3) is 3.03. The third-order valence-corrected chi connectivity index (χ3v) is 2.96. The van der Waals surface area contributed by atoms with E-state index in [0.717, 1.165) is 11.6 Å². The van der Waals surface area contributed by atoms with Gasteiger partial charge in [-0.05, 0) is 42.8 Å². The van der Waals surface area contributed by atoms with Gasteiger partial charge in [0, 0.05) is 16.3 Å². The smallest absolute Gasteiger partial charge is 0.255 e. The van der Waals surface area contributed by atoms with E-state index in [-0.39, 0.29) is 10.7 Å². The van der Waals surface area contributed by atoms with Crippen LogP contribution < -0.4 is 11.1 Å². The average Bonchev–Trinajstić information content (AvgIpc) is 2.36. The van der Waals surface area contributed by atoms with Gasteiger partial charge in [0.25, 0.3) is 5.91 Å². The molecular weight excluding hydrogens is 267 g/mol. The van der Waals surface area contributed by atoms with Crippen molar-refractivity contribution in [2.75, 3.05) is 11.1 Å². The first-order valence-electron chi connectivity index (χ1n) is 5.60. The molecule has 0 spiro atoms. The molecule has 0 aliphatic heterocycles. The van der Waals surface area contributed by atoms with Crippen LogP contribution in [-0.4, -0.2) is 5.91 Å². The maximum atomic E-state index is 13.5. The van der Waals surface area contributed by atoms with Gasteiger partial charge in [-0.25, -0.2) is 4.39 Å². The Morgan fingerprint density at radius 3 is 2.63 bits per heavy atom. The van der Waals surface area contributed by atoms with Crippen molar-refractivity contribution in [2.24, 2.45) is 0 Å². The van der Waals surface area contributed by atoms with Crippen molar-refractivity contribution in [3.05, 3.63) is 58.4 Å². The summed E-state index contributed by atoms with van der Waals surface area (Å²) in [6, 6.07) is 8.98. The van der Waals surface area contributed by atoms with Crippen LogP contribution in [0.15, 0.2) is 36.4 Å². The van der Waals surface area contributed by atoms with E-state index in [4.69, 9.17) is 17.3 Å². The van der Waals surface area contributed by atoms with Crippen molar-refractivity contribution >= 4 is 28.9 Å². The number of anilines is 2. The quantitative estimate of drug-likeness (QED) is 0.824. The molecule has 0 atom stereocenters. The minimum Gasteiger partial charge on any atom is -0.398 e. The summed E-state index contributed by atoms with van der Waals surface area (Å²) in [7, 11) is 0. The average molecular weight is 279 g/mol. The summed E-state index contributed by atoms with van der Waals surface area (Å²) in [5, 5.41) is 2.75. The normalized spacial score (nSPS) is 10.3. The second-order valence-electron chi connectivity index (χ2n) is 4.15. The van der Waals surface area contributed by atoms with Gasteiger partial charge >= 0.3 is 0 Å². The fourth-order valence-corrected chi connectivity index (χ4v) is 1.73. The number of hydrogen-bond donors (Lipinski definition) is 2. The number of carbonyl (C=O) groups is 1. The van der Waals surface area contributed by atoms with Gasteiger partial charge in [-0.1, -0.05) is 17.7 Å². The number of benzene rings is 2. The van der Waals surface area contributed by atoms with E-state index >= 15 is 0 Å². The van der Waals surface area contributed by atoms with Crippen LogP contribution in [0.1, 0.15) is 15.9 Å². The van der Waals surface area contributed by atoms with Crippen molar-refractivity contribution in [1.29, 1.82) is 0 Å². The van der Waals surface area contributed by atoms with Crippen molar-refractivity contribution in [3.8, 4) is 0 Å². The van der Waals surface area contributed by atoms with Crippen LogP contribution in [0.3, 0.4) is 0 Å². The molecule has 0 saturated carbocycles. The molecule has 1 amide bonds. The Kier molecular flexibility index (Phi) is 3.71. The molecule has 2 aromatic carbocycles. The second kappa shape index (κ2) is 5.28. The Morgan fingerprint density at radius 2 is 2.00 bits per heavy atom. The van der Waals surface area contributed by atoms with E-state index in [0.29, 0.717) is 11.3 Å². The van der Waals surface area contributed by atoms with Gasteiger partial charge in [0.1, 0.15) is 5.82 Å². The minimum atomic E-state index is -0.582. The highest BCUT2D eigenvalue weighted by Gasteiger charge is 2.10. The highest BCUT2D eigenvalue weighted by Crippen LogP contribution is 2.20. The molecular formula is C14H12ClFN2O. The molecule has 3 nitrogen and oxygen atoms in total. The number of nitrogen functional groups attached to an aromatic ring is 1. The van der Waals surface area contributed by atoms with Crippen LogP contribution in [0.25, 0.3) is 0 Å². The summed E-state index contributed by atoms with van der Waals surface area (Å²) in [6.45, 7) is 1.84. The lowest BCUT2D eigenvalue weighted by Crippen LogP contribution is -2.13. The lowest BCUT2D eigenvalue weighted by Gasteiger charge is -2.08. The molecule has 0 radical (unpaired) electrons. The fraction of sp³-hybridized carbons (Fsp3) is 0.0714. The minimum absolute atomic E-state index is 0.0774. The first-order chi connectivity index (χ1) is 8.97. The Bertz CT molecular complexity index is 643. The maximum absolute atomic E-state index is 13.5. The molecule has 5 heteroatoms. The first-order valence-corrected chi connectivity index (χ1v) is 5.97. The SMILES string of the molecule is Cc1ccc(C(=O)Nc2ccc(Cl)cc2F)cc1N. The summed E-state index contributed by atoms with van der Waals surface area (Å²) >= 11 is 5.64. The van der Waals surface area contributed by atoms with Gasteiger partial charge in [-0.2, -0.15) is 0 Å². The lowest BCUT2D eigenvalue weighted by molar-refractivity contribution is 0.102. The molecule has 0 aliphatic carbocycles. The zero-order chi connectivity index (χ0) is 14.0. The van der Waals surface area contributed by atoms with E-state index < -0.39 is 11.7 Å². The molecule has 2 aromatic rings. The number of amides is 1. The van der Waals surface area contributed by atoms with Crippen LogP contribution in [0, 0.1) is 12.7 Å². The summed E-state index contributed by atoms with van der Waals surface area (Å²) in [5.74, 6) is -1.01. The number of aryl methyl sites for hydroxylation is 1. The highest BCUT2D eigenvalue weighted by molar-refractivity contribution is 6.30. The Labute approximate surface area is 115 Å². The molecule has 0 saturated heterocycles. The third-order valence-electron chi connectivity index (χ3n) is 2.72. The molecule has 98 valence electrons. The second-order valence-corrected chi connectivity index (χ2v) is 4.59. The van der Waals surface area contributed by atoms with Gasteiger partial charge in [0.15, 0.2) is 0 Å². The van der Waals surface area contributed by atoms with Crippen LogP contribution in [0.4, 0.5) is 15.8 Å². The predicted molar refractivity (Wildman–Crippen MR) is 75.0 cm³/mol. The van der Waals surface area contributed by atoms with E-state index in [9.17, 15) is 9.18 Å². The summed E-state index contributed by atoms with van der Waals surface area (Å²) < 4.78 is 13.5. The summed E-state index contributed by atoms with van der Waals surface area (Å²) in [5.41, 5.74) is 7.58. The van der Waals surface area contributed by atoms with Crippen LogP contribution in [0.5, 0.6) is 0 Å². The molecule has 0 aromatic heterocycles. The lowest BCUT2D eigenvalue weighted by atomic mass is 10.1. The number of nitrogens with two attached hydrogens (primary N) is 1. The summed E-state index contributed by atoms with van der Waals surface area (Å²) in [6.07, 6.45) is 0. The fourth-order valence-electron chi connectivity index (χ4n) is 1.57. The van der Waals surface area contributed by atoms with Crippen molar-refractivity contribution in [3.63, 3.8) is 0 Å². The van der Waals surface area contributed by atoms with Gasteiger partial charge in [0.05, 0.1) is 5.69 Å². The Morgan fingerprint density at radius 1 is 1.26 bits per heavy atom. The molecule has 0 bridgehead atoms. The molecule has 0 fully saturated rings. The number of halogens is 2. The van der Waals surface area contributed by atoms with Crippen molar-refractivity contribution < 1.29 is 9.18 Å². The van der Waals surface area contributed by atoms with Gasteiger partial charge < -0.3 is 11.1 Å². The van der Waals surface area contributed by atoms with Gasteiger partial charge in [-0.3, -0.25) is 4.79 Å². The van der Waals surface area contributed by atoms with E-state index in [1.807, 2.05) is 6.92 Å². The molecule has 0 aliphatic rings. The molecule has 2 rings (SSSR count). The number of carbonyl (C=O) groups excluding carboxylic acids is 1. The summed E-state index contributed by atoms with van der Waals surface area (Å²) in [4.78, 5) is 11.9. The van der Waals surface area contributed by atoms with Crippen LogP contribution >= 0.6 is 11.6 Å². The van der Waals surface area contributed by atoms with Crippen LogP contribution in [0.2, 0.25) is 5.02 Å². The van der Waals surface area contributed by atoms with Crippen LogP contribution in [-0.2, 0) is 0 Å². The first kappa shape index (κ1) is 13.4. The highest BCUT2D eigenvalue weighted by atomic mass is 35.5. The molecule has 19 heavy (non-hydrogen) atoms. The Balaban J connectivity index is 2.23. The number of nitrogens with one attached hydrogen (secondary N) is 1. The van der Waals surface area contributed by atoms with E-state index in [2.05, 4.69) is 5.32 Å². The number of hydrogen-bond acceptors (Lipinski definition) is 2.